The molecule has 5 nitrogen and oxygen atoms in total. The largest absolute Gasteiger partial charge is 0.369 e. The molecule has 0 spiro atoms. The van der Waals surface area contributed by atoms with Crippen LogP contribution in [0.15, 0.2) is 42.7 Å². The molecule has 0 radical (unpaired) electrons. The van der Waals surface area contributed by atoms with Crippen LogP contribution in [0.2, 0.25) is 0 Å². The standard InChI is InChI=1S/C15H18N4O/c1-3-17-14-10-16-9-13(18-14)15(20)19(2)11-12-7-5-4-6-8-12/h4-10H,3,11H2,1-2H3,(H,17,18). The number of nitrogens with one attached hydrogen (secondary N) is 1. The molecule has 0 aliphatic rings. The lowest BCUT2D eigenvalue weighted by molar-refractivity contribution is 0.0779. The molecule has 0 fully saturated rings. The van der Waals surface area contributed by atoms with E-state index in [9.17, 15) is 4.79 Å². The van der Waals surface area contributed by atoms with Crippen LogP contribution < -0.4 is 5.32 Å². The maximum Gasteiger partial charge on any atom is 0.274 e. The van der Waals surface area contributed by atoms with E-state index < -0.39 is 0 Å². The third-order valence-electron chi connectivity index (χ3n) is 2.82. The number of carbonyl (C=O) groups excluding carboxylic acids is 1. The van der Waals surface area contributed by atoms with E-state index in [1.54, 1.807) is 18.1 Å². The molecule has 0 aliphatic carbocycles. The summed E-state index contributed by atoms with van der Waals surface area (Å²) in [5, 5.41) is 3.05. The van der Waals surface area contributed by atoms with Crippen LogP contribution in [0, 0.1) is 0 Å². The van der Waals surface area contributed by atoms with Gasteiger partial charge < -0.3 is 10.2 Å². The van der Waals surface area contributed by atoms with Gasteiger partial charge in [0.1, 0.15) is 11.5 Å². The highest BCUT2D eigenvalue weighted by atomic mass is 16.2. The van der Waals surface area contributed by atoms with Crippen LogP contribution in [0.5, 0.6) is 0 Å². The SMILES string of the molecule is CCNc1cncc(C(=O)N(C)Cc2ccccc2)n1. The maximum atomic E-state index is 12.3. The Balaban J connectivity index is 2.08. The monoisotopic (exact) mass is 270 g/mol. The summed E-state index contributed by atoms with van der Waals surface area (Å²) < 4.78 is 0. The van der Waals surface area contributed by atoms with Gasteiger partial charge in [-0.2, -0.15) is 0 Å². The lowest BCUT2D eigenvalue weighted by Crippen LogP contribution is -2.27. The lowest BCUT2D eigenvalue weighted by atomic mass is 10.2. The molecule has 0 saturated heterocycles. The molecule has 0 saturated carbocycles. The minimum absolute atomic E-state index is 0.138. The summed E-state index contributed by atoms with van der Waals surface area (Å²) in [7, 11) is 1.76. The Bertz CT molecular complexity index is 571. The highest BCUT2D eigenvalue weighted by Crippen LogP contribution is 2.08. The van der Waals surface area contributed by atoms with Gasteiger partial charge in [0.25, 0.3) is 5.91 Å². The molecule has 2 rings (SSSR count). The van der Waals surface area contributed by atoms with E-state index in [0.717, 1.165) is 12.1 Å². The van der Waals surface area contributed by atoms with Gasteiger partial charge in [-0.05, 0) is 12.5 Å². The molecule has 1 heterocycles. The molecule has 1 N–H and O–H groups in total. The minimum atomic E-state index is -0.138. The summed E-state index contributed by atoms with van der Waals surface area (Å²) in [6.07, 6.45) is 3.10. The number of aromatic nitrogens is 2. The normalized spacial score (nSPS) is 10.1. The fourth-order valence-electron chi connectivity index (χ4n) is 1.86. The Labute approximate surface area is 118 Å². The first kappa shape index (κ1) is 14.0. The van der Waals surface area contributed by atoms with Gasteiger partial charge in [-0.15, -0.1) is 0 Å². The number of rotatable bonds is 5. The Morgan fingerprint density at radius 2 is 2.00 bits per heavy atom. The molecule has 20 heavy (non-hydrogen) atoms. The number of amides is 1. The van der Waals surface area contributed by atoms with Crippen molar-refractivity contribution in [2.75, 3.05) is 18.9 Å². The first-order valence-corrected chi connectivity index (χ1v) is 6.56. The first-order chi connectivity index (χ1) is 9.70. The van der Waals surface area contributed by atoms with Gasteiger partial charge in [-0.3, -0.25) is 9.78 Å². The van der Waals surface area contributed by atoms with Gasteiger partial charge in [0.05, 0.1) is 12.4 Å². The van der Waals surface area contributed by atoms with Gasteiger partial charge in [-0.25, -0.2) is 4.98 Å². The number of hydrogen-bond donors (Lipinski definition) is 1. The Hall–Kier alpha value is -2.43. The predicted molar refractivity (Wildman–Crippen MR) is 78.4 cm³/mol. The lowest BCUT2D eigenvalue weighted by Gasteiger charge is -2.17. The molecule has 1 aromatic heterocycles. The van der Waals surface area contributed by atoms with Crippen molar-refractivity contribution in [3.05, 3.63) is 54.0 Å². The molecule has 0 bridgehead atoms. The zero-order valence-electron chi connectivity index (χ0n) is 11.7. The molecule has 0 atom stereocenters. The highest BCUT2D eigenvalue weighted by Gasteiger charge is 2.14. The first-order valence-electron chi connectivity index (χ1n) is 6.56. The van der Waals surface area contributed by atoms with Crippen LogP contribution in [0.1, 0.15) is 23.0 Å². The quantitative estimate of drug-likeness (QED) is 0.904. The van der Waals surface area contributed by atoms with Crippen molar-refractivity contribution in [2.24, 2.45) is 0 Å². The average molecular weight is 270 g/mol. The fraction of sp³-hybridized carbons (Fsp3) is 0.267. The number of carbonyl (C=O) groups is 1. The second-order valence-electron chi connectivity index (χ2n) is 4.47. The zero-order chi connectivity index (χ0) is 14.4. The summed E-state index contributed by atoms with van der Waals surface area (Å²) >= 11 is 0. The molecular weight excluding hydrogens is 252 g/mol. The Kier molecular flexibility index (Phi) is 4.65. The van der Waals surface area contributed by atoms with E-state index in [2.05, 4.69) is 15.3 Å². The van der Waals surface area contributed by atoms with Crippen molar-refractivity contribution in [1.29, 1.82) is 0 Å². The summed E-state index contributed by atoms with van der Waals surface area (Å²) in [5.41, 5.74) is 1.43. The van der Waals surface area contributed by atoms with Crippen molar-refractivity contribution in [1.82, 2.24) is 14.9 Å². The van der Waals surface area contributed by atoms with Crippen LogP contribution in [0.4, 0.5) is 5.82 Å². The summed E-state index contributed by atoms with van der Waals surface area (Å²) in [4.78, 5) is 22.2. The van der Waals surface area contributed by atoms with Crippen LogP contribution in [-0.2, 0) is 6.54 Å². The Morgan fingerprint density at radius 1 is 1.25 bits per heavy atom. The summed E-state index contributed by atoms with van der Waals surface area (Å²) in [5.74, 6) is 0.479. The topological polar surface area (TPSA) is 58.1 Å². The molecule has 1 amide bonds. The molecule has 0 unspecified atom stereocenters. The van der Waals surface area contributed by atoms with Crippen LogP contribution >= 0.6 is 0 Å². The predicted octanol–water partition coefficient (Wildman–Crippen LogP) is 2.18. The average Bonchev–Trinajstić information content (AvgIpc) is 2.48. The molecule has 0 aliphatic heterocycles. The van der Waals surface area contributed by atoms with E-state index in [1.165, 1.54) is 6.20 Å². The summed E-state index contributed by atoms with van der Waals surface area (Å²) in [6, 6.07) is 9.85. The third-order valence-corrected chi connectivity index (χ3v) is 2.82. The molecule has 104 valence electrons. The summed E-state index contributed by atoms with van der Waals surface area (Å²) in [6.45, 7) is 3.26. The van der Waals surface area contributed by atoms with Crippen molar-refractivity contribution < 1.29 is 4.79 Å². The minimum Gasteiger partial charge on any atom is -0.369 e. The molecule has 1 aromatic carbocycles. The smallest absolute Gasteiger partial charge is 0.274 e. The van der Waals surface area contributed by atoms with E-state index >= 15 is 0 Å². The number of nitrogens with zero attached hydrogens (tertiary/aromatic N) is 3. The van der Waals surface area contributed by atoms with Crippen molar-refractivity contribution in [3.63, 3.8) is 0 Å². The van der Waals surface area contributed by atoms with Gasteiger partial charge in [-0.1, -0.05) is 30.3 Å². The number of hydrogen-bond acceptors (Lipinski definition) is 4. The van der Waals surface area contributed by atoms with E-state index in [4.69, 9.17) is 0 Å². The van der Waals surface area contributed by atoms with Gasteiger partial charge in [0.15, 0.2) is 0 Å². The van der Waals surface area contributed by atoms with E-state index in [1.807, 2.05) is 37.3 Å². The maximum absolute atomic E-state index is 12.3. The van der Waals surface area contributed by atoms with Crippen LogP contribution in [0.3, 0.4) is 0 Å². The number of benzene rings is 1. The highest BCUT2D eigenvalue weighted by molar-refractivity contribution is 5.92. The second kappa shape index (κ2) is 6.65. The van der Waals surface area contributed by atoms with Gasteiger partial charge in [0.2, 0.25) is 0 Å². The second-order valence-corrected chi connectivity index (χ2v) is 4.47. The van der Waals surface area contributed by atoms with Gasteiger partial charge in [0, 0.05) is 20.1 Å². The zero-order valence-corrected chi connectivity index (χ0v) is 11.7. The number of anilines is 1. The van der Waals surface area contributed by atoms with Crippen molar-refractivity contribution in [3.8, 4) is 0 Å². The van der Waals surface area contributed by atoms with Crippen LogP contribution in [-0.4, -0.2) is 34.4 Å². The Morgan fingerprint density at radius 3 is 2.70 bits per heavy atom. The van der Waals surface area contributed by atoms with Crippen LogP contribution in [0.25, 0.3) is 0 Å². The molecule has 5 heteroatoms. The fourth-order valence-corrected chi connectivity index (χ4v) is 1.86. The van der Waals surface area contributed by atoms with E-state index in [0.29, 0.717) is 18.1 Å². The third kappa shape index (κ3) is 3.54. The van der Waals surface area contributed by atoms with E-state index in [-0.39, 0.29) is 5.91 Å². The molecule has 2 aromatic rings. The van der Waals surface area contributed by atoms with Crippen molar-refractivity contribution >= 4 is 11.7 Å². The molecular formula is C15H18N4O. The van der Waals surface area contributed by atoms with Gasteiger partial charge >= 0.3 is 0 Å². The van der Waals surface area contributed by atoms with Crippen molar-refractivity contribution in [2.45, 2.75) is 13.5 Å².